The number of hydrogen-bond acceptors (Lipinski definition) is 23. The van der Waals surface area contributed by atoms with Gasteiger partial charge in [-0.05, 0) is 89.6 Å². The Kier molecular flexibility index (Phi) is 25.0. The van der Waals surface area contributed by atoms with E-state index in [0.717, 1.165) is 60.7 Å². The maximum absolute atomic E-state index is 12.3. The number of fused-ring (bicyclic) bond motifs is 2. The van der Waals surface area contributed by atoms with E-state index in [9.17, 15) is 62.1 Å². The van der Waals surface area contributed by atoms with Gasteiger partial charge in [0.05, 0.1) is 38.5 Å². The molecule has 0 bridgehead atoms. The Morgan fingerprint density at radius 2 is 0.986 bits per heavy atom. The van der Waals surface area contributed by atoms with Crippen LogP contribution in [0.2, 0.25) is 0 Å². The van der Waals surface area contributed by atoms with Gasteiger partial charge >= 0.3 is 108 Å². The topological polar surface area (TPSA) is 414 Å². The van der Waals surface area contributed by atoms with Gasteiger partial charge < -0.3 is 55.0 Å². The summed E-state index contributed by atoms with van der Waals surface area (Å²) < 4.78 is 146. The van der Waals surface area contributed by atoms with E-state index in [1.54, 1.807) is 0 Å². The predicted molar refractivity (Wildman–Crippen MR) is 234 cm³/mol. The minimum atomic E-state index is -5.38. The van der Waals surface area contributed by atoms with Gasteiger partial charge in [0.1, 0.15) is 57.5 Å². The average molecular weight is 1060 g/mol. The molecule has 0 amide bonds. The zero-order valence-corrected chi connectivity index (χ0v) is 47.0. The second-order valence-corrected chi connectivity index (χ2v) is 19.2. The van der Waals surface area contributed by atoms with Crippen LogP contribution in [0.1, 0.15) is 11.1 Å². The minimum Gasteiger partial charge on any atom is -0.744 e. The molecule has 0 heterocycles. The normalized spacial score (nSPS) is 12.1. The number of aromatic hydroxyl groups is 2. The van der Waals surface area contributed by atoms with Crippen LogP contribution >= 0.6 is 0 Å². The second kappa shape index (κ2) is 26.9. The molecule has 0 unspecified atom stereocenters. The molecule has 0 aromatic heterocycles. The predicted octanol–water partition coefficient (Wildman–Crippen LogP) is -7.90. The Morgan fingerprint density at radius 3 is 1.41 bits per heavy atom. The molecule has 8 N–H and O–H groups in total. The molecule has 0 saturated heterocycles. The molecule has 0 aliphatic carbocycles. The minimum absolute atomic E-state index is 0. The van der Waals surface area contributed by atoms with Gasteiger partial charge in [-0.25, -0.2) is 33.7 Å². The van der Waals surface area contributed by atoms with Crippen molar-refractivity contribution in [3.05, 3.63) is 96.1 Å². The van der Waals surface area contributed by atoms with Crippen LogP contribution < -0.4 is 119 Å². The summed E-state index contributed by atoms with van der Waals surface area (Å²) in [5.74, 6) is -1.63. The summed E-state index contributed by atoms with van der Waals surface area (Å²) in [5.41, 5.74) is 8.71. The Morgan fingerprint density at radius 1 is 0.543 bits per heavy atom. The van der Waals surface area contributed by atoms with Crippen LogP contribution in [0.25, 0.3) is 33.7 Å². The van der Waals surface area contributed by atoms with Gasteiger partial charge in [0.15, 0.2) is 11.5 Å². The van der Waals surface area contributed by atoms with Gasteiger partial charge in [0, 0.05) is 35.2 Å². The summed E-state index contributed by atoms with van der Waals surface area (Å²) in [4.78, 5) is -2.06. The van der Waals surface area contributed by atoms with Crippen molar-refractivity contribution in [1.29, 1.82) is 0 Å². The van der Waals surface area contributed by atoms with Crippen molar-refractivity contribution in [3.63, 3.8) is 0 Å². The molecule has 0 aliphatic rings. The molecule has 0 radical (unpaired) electrons. The summed E-state index contributed by atoms with van der Waals surface area (Å²) >= 11 is 0. The maximum atomic E-state index is 12.3. The quantitative estimate of drug-likeness (QED) is 0.0194. The number of anilines is 2. The van der Waals surface area contributed by atoms with E-state index in [1.165, 1.54) is 36.4 Å². The summed E-state index contributed by atoms with van der Waals surface area (Å²) in [7, 11) is -19.4. The first kappa shape index (κ1) is 65.1. The van der Waals surface area contributed by atoms with Gasteiger partial charge in [-0.2, -0.15) is 5.11 Å². The number of nitrogen functional groups attached to an aromatic ring is 2. The van der Waals surface area contributed by atoms with Crippen LogP contribution in [0.15, 0.2) is 125 Å². The number of hydrogen-bond donors (Lipinski definition) is 6. The smallest absolute Gasteiger partial charge is 0.744 e. The Balaban J connectivity index is 0.00000188. The molecule has 6 aromatic carbocycles. The third-order valence-electron chi connectivity index (χ3n) is 9.15. The molecule has 31 heteroatoms. The molecule has 0 aliphatic heterocycles. The summed E-state index contributed by atoms with van der Waals surface area (Å²) in [6, 6.07) is 15.5. The van der Waals surface area contributed by atoms with E-state index < -0.39 is 88.6 Å². The largest absolute Gasteiger partial charge is 1.00 e. The fraction of sp³-hybridized carbons (Fsp3) is 0.128. The molecule has 23 nitrogen and oxygen atoms in total. The van der Waals surface area contributed by atoms with Crippen LogP contribution in [0, 0.1) is 0 Å². The molecule has 0 atom stereocenters. The average Bonchev–Trinajstić information content (AvgIpc) is 3.22. The maximum Gasteiger partial charge on any atom is 1.00 e. The number of nitrogens with two attached hydrogens (primary N) is 2. The van der Waals surface area contributed by atoms with Gasteiger partial charge in [0.2, 0.25) is 0 Å². The van der Waals surface area contributed by atoms with Crippen molar-refractivity contribution in [2.75, 3.05) is 44.8 Å². The zero-order chi connectivity index (χ0) is 48.9. The van der Waals surface area contributed by atoms with Crippen molar-refractivity contribution < 1.29 is 180 Å². The van der Waals surface area contributed by atoms with Crippen molar-refractivity contribution >= 4 is 108 Å². The molecule has 6 aromatic rings. The number of phenolic OH excluding ortho intramolecular Hbond substituents is 2. The second-order valence-electron chi connectivity index (χ2n) is 13.9. The monoisotopic (exact) mass is 1060 g/mol. The number of aliphatic hydroxyl groups excluding tert-OH is 2. The standard InChI is InChI=1S/C34H26N6O14S4.C5H13NO2.Li.3Na/c35-21-7-4-19-12-29(57(49,50)51)31(33(41)24(19)14-21)39-37-23-9-6-18(27(16-23)55(43,44)45)3-1-17-2-10-26(28(11-17)56(46,47)48)38-40-32-30(58(52,53)54)13-20-5-8-22(36)15-25(20)34(32)42;1-6(2-4-7)3-5-8;;;;/h1-16,41-42H,35-36H2,(H,43,44,45)(H,46,47,48)(H,49,50,51)(H,52,53,54);7-8H,2-5H2,1H3;;;;/q;;4*+1/p-4/b3-1+,39-37?,40-38?;;;;;. The van der Waals surface area contributed by atoms with Crippen LogP contribution in [-0.2, 0) is 40.5 Å². The van der Waals surface area contributed by atoms with Crippen molar-refractivity contribution in [2.45, 2.75) is 19.6 Å². The molecular formula is C39H35LiN7Na3O16S4. The number of aliphatic hydroxyl groups is 2. The van der Waals surface area contributed by atoms with Crippen LogP contribution in [0.4, 0.5) is 34.1 Å². The summed E-state index contributed by atoms with van der Waals surface area (Å²) in [6.45, 7) is 1.61. The van der Waals surface area contributed by atoms with E-state index in [4.69, 9.17) is 21.7 Å². The van der Waals surface area contributed by atoms with E-state index in [1.807, 2.05) is 11.9 Å². The Labute approximate surface area is 479 Å². The van der Waals surface area contributed by atoms with E-state index in [2.05, 4.69) is 20.5 Å². The van der Waals surface area contributed by atoms with Gasteiger partial charge in [-0.15, -0.1) is 15.3 Å². The fourth-order valence-electron chi connectivity index (χ4n) is 6.00. The van der Waals surface area contributed by atoms with Crippen molar-refractivity contribution in [1.82, 2.24) is 4.90 Å². The zero-order valence-electron chi connectivity index (χ0n) is 37.8. The molecule has 6 rings (SSSR count). The van der Waals surface area contributed by atoms with Crippen molar-refractivity contribution in [3.8, 4) is 11.5 Å². The molecule has 0 saturated carbocycles. The number of likely N-dealkylation sites (N-methyl/N-ethyl adjacent to an activating group) is 1. The Bertz CT molecular complexity index is 3440. The number of benzene rings is 6. The van der Waals surface area contributed by atoms with E-state index in [0.29, 0.717) is 13.1 Å². The van der Waals surface area contributed by atoms with Gasteiger partial charge in [0.25, 0.3) is 0 Å². The fourth-order valence-corrected chi connectivity index (χ4v) is 8.63. The number of phenols is 2. The molecule has 0 fully saturated rings. The third kappa shape index (κ3) is 16.8. The number of azo groups is 2. The van der Waals surface area contributed by atoms with Crippen LogP contribution in [0.5, 0.6) is 11.5 Å². The molecule has 70 heavy (non-hydrogen) atoms. The first-order valence-corrected chi connectivity index (χ1v) is 24.0. The first-order valence-electron chi connectivity index (χ1n) is 18.4. The van der Waals surface area contributed by atoms with Gasteiger partial charge in [-0.1, -0.05) is 36.4 Å². The molecule has 350 valence electrons. The van der Waals surface area contributed by atoms with E-state index >= 15 is 0 Å². The first-order chi connectivity index (χ1) is 30.7. The number of rotatable bonds is 14. The molecular weight excluding hydrogens is 1030 g/mol. The van der Waals surface area contributed by atoms with Crippen molar-refractivity contribution in [2.24, 2.45) is 20.5 Å². The number of nitrogens with zero attached hydrogens (tertiary/aromatic N) is 5. The third-order valence-corrected chi connectivity index (χ3v) is 12.6. The Hall–Kier alpha value is -2.90. The van der Waals surface area contributed by atoms with Crippen LogP contribution in [-0.4, -0.2) is 111 Å². The summed E-state index contributed by atoms with van der Waals surface area (Å²) in [6.07, 6.45) is 2.13. The SMILES string of the molecule is CN(CCO)CCO.Nc1ccc2cc(S(=O)(=O)[O-])c(N=Nc3ccc(/C=C/c4ccc(N=Nc5c(S(=O)(=O)[O-])cc6ccc(N)cc6c5O)c(S(=O)(=O)[O-])c4)c(S(=O)(=O)[O-])c3)c(O)c2c1.[Li+].[Na+].[Na+].[Na+]. The summed E-state index contributed by atoms with van der Waals surface area (Å²) in [5, 5.41) is 53.0. The van der Waals surface area contributed by atoms with E-state index in [-0.39, 0.29) is 170 Å². The van der Waals surface area contributed by atoms with Gasteiger partial charge in [-0.3, -0.25) is 0 Å². The van der Waals surface area contributed by atoms with Crippen LogP contribution in [0.3, 0.4) is 0 Å². The molecule has 0 spiro atoms.